The van der Waals surface area contributed by atoms with Crippen LogP contribution in [-0.2, 0) is 18.4 Å². The highest BCUT2D eigenvalue weighted by Crippen LogP contribution is 2.49. The smallest absolute Gasteiger partial charge is 0.255 e. The summed E-state index contributed by atoms with van der Waals surface area (Å²) in [6.45, 7) is 7.61. The Kier molecular flexibility index (Phi) is 6.19. The van der Waals surface area contributed by atoms with Gasteiger partial charge in [-0.1, -0.05) is 63.8 Å². The third-order valence-corrected chi connectivity index (χ3v) is 7.05. The molecule has 0 aliphatic heterocycles. The zero-order valence-corrected chi connectivity index (χ0v) is 18.2. The number of hydrogen-bond donors (Lipinski definition) is 2. The number of nitrogens with zero attached hydrogens (tertiary/aromatic N) is 1. The first-order valence-electron chi connectivity index (χ1n) is 11.7. The van der Waals surface area contributed by atoms with Gasteiger partial charge in [-0.25, -0.2) is 4.98 Å². The van der Waals surface area contributed by atoms with Crippen LogP contribution in [0.25, 0.3) is 11.3 Å². The maximum absolute atomic E-state index is 13.4. The zero-order chi connectivity index (χ0) is 20.3. The van der Waals surface area contributed by atoms with Crippen molar-refractivity contribution in [2.24, 2.45) is 0 Å². The van der Waals surface area contributed by atoms with Gasteiger partial charge in [0.1, 0.15) is 6.54 Å². The SMILES string of the molecule is CCCC[NH+](CCCC)Cc1nc2c(c(=O)[nH]1)C1(CCCC1)Cc1ccccc1-2. The topological polar surface area (TPSA) is 50.2 Å². The van der Waals surface area contributed by atoms with Crippen LogP contribution in [0.15, 0.2) is 29.1 Å². The molecule has 156 valence electrons. The molecule has 2 aromatic rings. The molecule has 1 fully saturated rings. The second-order valence-corrected chi connectivity index (χ2v) is 9.19. The van der Waals surface area contributed by atoms with Gasteiger partial charge in [0, 0.05) is 11.0 Å². The summed E-state index contributed by atoms with van der Waals surface area (Å²) in [6.07, 6.45) is 10.5. The molecule has 4 nitrogen and oxygen atoms in total. The highest BCUT2D eigenvalue weighted by molar-refractivity contribution is 5.71. The number of H-pyrrole nitrogens is 1. The van der Waals surface area contributed by atoms with E-state index >= 15 is 0 Å². The van der Waals surface area contributed by atoms with E-state index in [-0.39, 0.29) is 11.0 Å². The molecule has 0 unspecified atom stereocenters. The van der Waals surface area contributed by atoms with Gasteiger partial charge >= 0.3 is 0 Å². The molecule has 1 aromatic carbocycles. The van der Waals surface area contributed by atoms with E-state index in [9.17, 15) is 4.79 Å². The second-order valence-electron chi connectivity index (χ2n) is 9.19. The first kappa shape index (κ1) is 20.3. The van der Waals surface area contributed by atoms with Crippen LogP contribution in [0.1, 0.15) is 82.2 Å². The Morgan fingerprint density at radius 2 is 1.76 bits per heavy atom. The Morgan fingerprint density at radius 3 is 2.45 bits per heavy atom. The van der Waals surface area contributed by atoms with Crippen molar-refractivity contribution < 1.29 is 4.90 Å². The quantitative estimate of drug-likeness (QED) is 0.716. The molecule has 0 bridgehead atoms. The monoisotopic (exact) mass is 394 g/mol. The average Bonchev–Trinajstić information content (AvgIpc) is 3.18. The van der Waals surface area contributed by atoms with Crippen molar-refractivity contribution in [1.82, 2.24) is 9.97 Å². The van der Waals surface area contributed by atoms with Crippen LogP contribution >= 0.6 is 0 Å². The van der Waals surface area contributed by atoms with E-state index < -0.39 is 0 Å². The Bertz CT molecular complexity index is 887. The van der Waals surface area contributed by atoms with E-state index in [0.717, 1.165) is 56.0 Å². The molecule has 0 saturated heterocycles. The van der Waals surface area contributed by atoms with Crippen molar-refractivity contribution in [2.75, 3.05) is 13.1 Å². The molecule has 0 radical (unpaired) electrons. The third kappa shape index (κ3) is 4.05. The minimum Gasteiger partial charge on any atom is -0.329 e. The molecule has 0 atom stereocenters. The first-order valence-corrected chi connectivity index (χ1v) is 11.7. The summed E-state index contributed by atoms with van der Waals surface area (Å²) in [5.74, 6) is 0.862. The highest BCUT2D eigenvalue weighted by Gasteiger charge is 2.44. The van der Waals surface area contributed by atoms with Crippen molar-refractivity contribution in [3.8, 4) is 11.3 Å². The van der Waals surface area contributed by atoms with Gasteiger partial charge in [-0.3, -0.25) is 4.79 Å². The number of aromatic amines is 1. The van der Waals surface area contributed by atoms with Gasteiger partial charge in [0.25, 0.3) is 5.56 Å². The fraction of sp³-hybridized carbons (Fsp3) is 0.600. The van der Waals surface area contributed by atoms with Crippen molar-refractivity contribution >= 4 is 0 Å². The fourth-order valence-corrected chi connectivity index (χ4v) is 5.52. The molecule has 2 N–H and O–H groups in total. The number of hydrogen-bond acceptors (Lipinski definition) is 2. The lowest BCUT2D eigenvalue weighted by Crippen LogP contribution is -3.10. The van der Waals surface area contributed by atoms with Crippen molar-refractivity contribution in [3.05, 3.63) is 51.6 Å². The molecule has 1 heterocycles. The largest absolute Gasteiger partial charge is 0.329 e. The van der Waals surface area contributed by atoms with Crippen LogP contribution in [0.3, 0.4) is 0 Å². The number of benzene rings is 1. The lowest BCUT2D eigenvalue weighted by molar-refractivity contribution is -0.915. The molecule has 2 aliphatic carbocycles. The minimum atomic E-state index is -0.000233. The van der Waals surface area contributed by atoms with Gasteiger partial charge in [0.15, 0.2) is 5.82 Å². The van der Waals surface area contributed by atoms with Gasteiger partial charge in [0.05, 0.1) is 24.3 Å². The Labute approximate surface area is 174 Å². The van der Waals surface area contributed by atoms with Gasteiger partial charge in [-0.05, 0) is 37.7 Å². The standard InChI is InChI=1S/C25H35N3O/c1-3-5-15-28(16-6-4-2)18-21-26-23-20-12-8-7-11-19(20)17-25(13-9-10-14-25)22(23)24(29)27-21/h7-8,11-12H,3-6,9-10,13-18H2,1-2H3,(H,26,27,29)/p+1. The Hall–Kier alpha value is -1.94. The van der Waals surface area contributed by atoms with Crippen LogP contribution in [0.4, 0.5) is 0 Å². The molecule has 1 saturated carbocycles. The molecule has 2 aliphatic rings. The van der Waals surface area contributed by atoms with E-state index in [0.29, 0.717) is 0 Å². The number of nitrogens with one attached hydrogen (secondary N) is 2. The number of aromatic nitrogens is 2. The summed E-state index contributed by atoms with van der Waals surface area (Å²) in [5, 5.41) is 0. The van der Waals surface area contributed by atoms with E-state index in [4.69, 9.17) is 4.98 Å². The molecule has 4 rings (SSSR count). The number of quaternary nitrogens is 1. The van der Waals surface area contributed by atoms with E-state index in [2.05, 4.69) is 43.1 Å². The third-order valence-electron chi connectivity index (χ3n) is 7.05. The summed E-state index contributed by atoms with van der Waals surface area (Å²) in [4.78, 5) is 23.2. The summed E-state index contributed by atoms with van der Waals surface area (Å²) in [6, 6.07) is 8.60. The van der Waals surface area contributed by atoms with Crippen molar-refractivity contribution in [2.45, 2.75) is 83.6 Å². The van der Waals surface area contributed by atoms with Crippen LogP contribution in [-0.4, -0.2) is 23.1 Å². The van der Waals surface area contributed by atoms with Crippen LogP contribution in [0, 0.1) is 0 Å². The Morgan fingerprint density at radius 1 is 1.07 bits per heavy atom. The molecule has 29 heavy (non-hydrogen) atoms. The van der Waals surface area contributed by atoms with Gasteiger partial charge in [-0.2, -0.15) is 0 Å². The van der Waals surface area contributed by atoms with Gasteiger partial charge < -0.3 is 9.88 Å². The molecule has 4 heteroatoms. The van der Waals surface area contributed by atoms with E-state index in [1.54, 1.807) is 0 Å². The van der Waals surface area contributed by atoms with Crippen LogP contribution < -0.4 is 10.5 Å². The maximum Gasteiger partial charge on any atom is 0.255 e. The summed E-state index contributed by atoms with van der Waals surface area (Å²) >= 11 is 0. The molecule has 1 spiro atoms. The lowest BCUT2D eigenvalue weighted by atomic mass is 9.68. The van der Waals surface area contributed by atoms with Crippen molar-refractivity contribution in [3.63, 3.8) is 0 Å². The normalized spacial score (nSPS) is 16.9. The first-order chi connectivity index (χ1) is 14.2. The minimum absolute atomic E-state index is 0.000233. The van der Waals surface area contributed by atoms with Gasteiger partial charge in [-0.15, -0.1) is 0 Å². The lowest BCUT2D eigenvalue weighted by Gasteiger charge is -2.35. The number of fused-ring (bicyclic) bond motifs is 4. The highest BCUT2D eigenvalue weighted by atomic mass is 16.1. The predicted octanol–water partition coefficient (Wildman–Crippen LogP) is 3.79. The summed E-state index contributed by atoms with van der Waals surface area (Å²) in [7, 11) is 0. The zero-order valence-electron chi connectivity index (χ0n) is 18.2. The number of rotatable bonds is 8. The van der Waals surface area contributed by atoms with E-state index in [1.165, 1.54) is 54.6 Å². The summed E-state index contributed by atoms with van der Waals surface area (Å²) < 4.78 is 0. The maximum atomic E-state index is 13.4. The molecular formula is C25H36N3O+. The fourth-order valence-electron chi connectivity index (χ4n) is 5.52. The van der Waals surface area contributed by atoms with Crippen molar-refractivity contribution in [1.29, 1.82) is 0 Å². The Balaban J connectivity index is 1.73. The van der Waals surface area contributed by atoms with Gasteiger partial charge in [0.2, 0.25) is 0 Å². The molecule has 0 amide bonds. The second kappa shape index (κ2) is 8.83. The average molecular weight is 395 g/mol. The predicted molar refractivity (Wildman–Crippen MR) is 118 cm³/mol. The summed E-state index contributed by atoms with van der Waals surface area (Å²) in [5.41, 5.74) is 4.61. The molecule has 1 aromatic heterocycles. The number of unbranched alkanes of at least 4 members (excludes halogenated alkanes) is 2. The molecular weight excluding hydrogens is 358 g/mol. The van der Waals surface area contributed by atoms with E-state index in [1.807, 2.05) is 0 Å². The van der Waals surface area contributed by atoms with Crippen LogP contribution in [0.2, 0.25) is 0 Å². The van der Waals surface area contributed by atoms with Crippen LogP contribution in [0.5, 0.6) is 0 Å².